The van der Waals surface area contributed by atoms with Crippen LogP contribution in [-0.4, -0.2) is 8.04 Å². The van der Waals surface area contributed by atoms with Gasteiger partial charge in [-0.3, -0.25) is 0 Å². The summed E-state index contributed by atoms with van der Waals surface area (Å²) in [5.41, 5.74) is 0. The molecule has 0 heterocycles. The Bertz CT molecular complexity index is 38.5. The minimum Gasteiger partial charge on any atom is -0.217 e. The second-order valence-electron chi connectivity index (χ2n) is 1.24. The normalized spacial score (nSPS) is 20.0. The highest BCUT2D eigenvalue weighted by molar-refractivity contribution is 14.1. The summed E-state index contributed by atoms with van der Waals surface area (Å²) < 4.78 is -0.0797. The van der Waals surface area contributed by atoms with Gasteiger partial charge >= 0.3 is 0 Å². The van der Waals surface area contributed by atoms with E-state index in [1.807, 2.05) is 22.6 Å². The molecule has 1 atom stereocenters. The molecule has 0 aliphatic rings. The van der Waals surface area contributed by atoms with Crippen LogP contribution in [0.5, 0.6) is 0 Å². The molecule has 0 aliphatic heterocycles. The lowest BCUT2D eigenvalue weighted by molar-refractivity contribution is 0.113. The van der Waals surface area contributed by atoms with E-state index in [4.69, 9.17) is 0 Å². The molecule has 0 bridgehead atoms. The van der Waals surface area contributed by atoms with Gasteiger partial charge in [0.1, 0.15) is 0 Å². The summed E-state index contributed by atoms with van der Waals surface area (Å²) in [5.74, 6) is 0. The monoisotopic (exact) mass is 311 g/mol. The van der Waals surface area contributed by atoms with Crippen LogP contribution in [0.3, 0.4) is 0 Å². The van der Waals surface area contributed by atoms with Gasteiger partial charge in [-0.05, 0) is 29.5 Å². The molecular weight excluding hydrogens is 306 g/mol. The van der Waals surface area contributed by atoms with Gasteiger partial charge in [-0.15, -0.1) is 0 Å². The minimum absolute atomic E-state index is 0.672. The SMILES string of the molecule is CC([O])(I)CI. The van der Waals surface area contributed by atoms with Crippen molar-refractivity contribution in [1.29, 1.82) is 0 Å². The predicted molar refractivity (Wildman–Crippen MR) is 42.0 cm³/mol. The molecule has 0 aromatic carbocycles. The van der Waals surface area contributed by atoms with Crippen LogP contribution < -0.4 is 0 Å². The van der Waals surface area contributed by atoms with Crippen LogP contribution in [0.15, 0.2) is 0 Å². The molecule has 0 aliphatic carbocycles. The lowest BCUT2D eigenvalue weighted by atomic mass is 10.5. The van der Waals surface area contributed by atoms with Crippen molar-refractivity contribution < 1.29 is 5.11 Å². The molecule has 3 heteroatoms. The van der Waals surface area contributed by atoms with Crippen molar-refractivity contribution in [3.8, 4) is 0 Å². The van der Waals surface area contributed by atoms with Crippen molar-refractivity contribution >= 4 is 45.2 Å². The molecule has 0 amide bonds. The summed E-state index contributed by atoms with van der Waals surface area (Å²) in [6.07, 6.45) is 0. The van der Waals surface area contributed by atoms with Crippen molar-refractivity contribution in [3.05, 3.63) is 0 Å². The summed E-state index contributed by atoms with van der Waals surface area (Å²) in [7, 11) is 0. The molecule has 0 saturated heterocycles. The first kappa shape index (κ1) is 7.42. The van der Waals surface area contributed by atoms with Crippen LogP contribution in [0.4, 0.5) is 0 Å². The van der Waals surface area contributed by atoms with E-state index in [1.54, 1.807) is 6.92 Å². The maximum atomic E-state index is 10.5. The zero-order valence-electron chi connectivity index (χ0n) is 3.37. The fourth-order valence-electron chi connectivity index (χ4n) is 0. The van der Waals surface area contributed by atoms with Crippen LogP contribution in [-0.2, 0) is 5.11 Å². The predicted octanol–water partition coefficient (Wildman–Crippen LogP) is 2.00. The fourth-order valence-corrected chi connectivity index (χ4v) is 0. The minimum atomic E-state index is -0.752. The smallest absolute Gasteiger partial charge is 0.160 e. The third-order valence-corrected chi connectivity index (χ3v) is 3.54. The van der Waals surface area contributed by atoms with Gasteiger partial charge in [0.05, 0.1) is 0 Å². The van der Waals surface area contributed by atoms with Crippen LogP contribution >= 0.6 is 45.2 Å². The summed E-state index contributed by atoms with van der Waals surface area (Å²) in [4.78, 5) is 0. The first-order chi connectivity index (χ1) is 2.56. The Morgan fingerprint density at radius 1 is 1.83 bits per heavy atom. The summed E-state index contributed by atoms with van der Waals surface area (Å²) in [5, 5.41) is 10.5. The third kappa shape index (κ3) is 5.42. The largest absolute Gasteiger partial charge is 0.217 e. The van der Waals surface area contributed by atoms with E-state index in [0.29, 0.717) is 4.43 Å². The molecular formula is C3H5I2O. The number of hydrogen-bond donors (Lipinski definition) is 0. The van der Waals surface area contributed by atoms with Crippen molar-refractivity contribution in [2.24, 2.45) is 0 Å². The van der Waals surface area contributed by atoms with E-state index in [2.05, 4.69) is 22.6 Å². The van der Waals surface area contributed by atoms with Crippen molar-refractivity contribution in [3.63, 3.8) is 0 Å². The average Bonchev–Trinajstić information content (AvgIpc) is 1.35. The van der Waals surface area contributed by atoms with E-state index >= 15 is 0 Å². The maximum absolute atomic E-state index is 10.5. The van der Waals surface area contributed by atoms with Gasteiger partial charge in [-0.2, -0.15) is 0 Å². The summed E-state index contributed by atoms with van der Waals surface area (Å²) in [6, 6.07) is 0. The molecule has 1 nitrogen and oxygen atoms in total. The zero-order valence-corrected chi connectivity index (χ0v) is 7.69. The summed E-state index contributed by atoms with van der Waals surface area (Å²) in [6.45, 7) is 1.67. The van der Waals surface area contributed by atoms with Gasteiger partial charge in [0.25, 0.3) is 0 Å². The number of rotatable bonds is 1. The Balaban J connectivity index is 3.17. The molecule has 1 unspecified atom stereocenters. The summed E-state index contributed by atoms with van der Waals surface area (Å²) >= 11 is 3.95. The fraction of sp³-hybridized carbons (Fsp3) is 1.00. The van der Waals surface area contributed by atoms with E-state index in [1.165, 1.54) is 0 Å². The molecule has 0 aromatic rings. The molecule has 6 heavy (non-hydrogen) atoms. The van der Waals surface area contributed by atoms with Gasteiger partial charge in [0, 0.05) is 4.43 Å². The number of hydrogen-bond acceptors (Lipinski definition) is 0. The molecule has 1 radical (unpaired) electrons. The third-order valence-electron chi connectivity index (χ3n) is 0.239. The molecule has 0 aromatic heterocycles. The molecule has 37 valence electrons. The lowest BCUT2D eigenvalue weighted by Crippen LogP contribution is -2.11. The van der Waals surface area contributed by atoms with E-state index < -0.39 is 3.61 Å². The molecule has 0 rings (SSSR count). The Morgan fingerprint density at radius 3 is 2.00 bits per heavy atom. The van der Waals surface area contributed by atoms with Crippen molar-refractivity contribution in [2.45, 2.75) is 10.5 Å². The quantitative estimate of drug-likeness (QED) is 0.521. The highest BCUT2D eigenvalue weighted by atomic mass is 127. The van der Waals surface area contributed by atoms with Crippen LogP contribution in [0.2, 0.25) is 0 Å². The number of halogens is 2. The van der Waals surface area contributed by atoms with Crippen molar-refractivity contribution in [1.82, 2.24) is 0 Å². The van der Waals surface area contributed by atoms with Gasteiger partial charge in [-0.25, -0.2) is 5.11 Å². The van der Waals surface area contributed by atoms with Gasteiger partial charge in [0.2, 0.25) is 0 Å². The lowest BCUT2D eigenvalue weighted by Gasteiger charge is -2.03. The molecule has 0 spiro atoms. The van der Waals surface area contributed by atoms with Crippen LogP contribution in [0, 0.1) is 0 Å². The van der Waals surface area contributed by atoms with E-state index in [9.17, 15) is 5.11 Å². The first-order valence-electron chi connectivity index (χ1n) is 1.51. The van der Waals surface area contributed by atoms with E-state index in [0.717, 1.165) is 0 Å². The van der Waals surface area contributed by atoms with Gasteiger partial charge < -0.3 is 0 Å². The van der Waals surface area contributed by atoms with Crippen LogP contribution in [0.25, 0.3) is 0 Å². The number of alkyl halides is 2. The Morgan fingerprint density at radius 2 is 2.00 bits per heavy atom. The highest BCUT2D eigenvalue weighted by Gasteiger charge is 2.13. The Kier molecular flexibility index (Phi) is 3.29. The average molecular weight is 311 g/mol. The second kappa shape index (κ2) is 2.66. The van der Waals surface area contributed by atoms with Gasteiger partial charge in [-0.1, -0.05) is 22.6 Å². The second-order valence-corrected chi connectivity index (χ2v) is 4.28. The van der Waals surface area contributed by atoms with Gasteiger partial charge in [0.15, 0.2) is 3.61 Å². The Labute approximate surface area is 64.8 Å². The molecule has 0 saturated carbocycles. The Hall–Kier alpha value is 1.42. The standard InChI is InChI=1S/C3H5I2O/c1-3(5,6)2-4/h2H2,1H3. The van der Waals surface area contributed by atoms with Crippen LogP contribution in [0.1, 0.15) is 6.92 Å². The maximum Gasteiger partial charge on any atom is 0.160 e. The zero-order chi connectivity index (χ0) is 5.21. The molecule has 0 fully saturated rings. The van der Waals surface area contributed by atoms with E-state index in [-0.39, 0.29) is 0 Å². The topological polar surface area (TPSA) is 19.9 Å². The van der Waals surface area contributed by atoms with Crippen molar-refractivity contribution in [2.75, 3.05) is 4.43 Å². The first-order valence-corrected chi connectivity index (χ1v) is 4.12. The highest BCUT2D eigenvalue weighted by Crippen LogP contribution is 2.16. The molecule has 0 N–H and O–H groups in total.